The molecule has 0 aromatic heterocycles. The molecule has 0 spiro atoms. The van der Waals surface area contributed by atoms with Crippen molar-refractivity contribution in [3.05, 3.63) is 0 Å². The lowest BCUT2D eigenvalue weighted by Crippen LogP contribution is -2.46. The molecule has 2 atom stereocenters. The van der Waals surface area contributed by atoms with Crippen LogP contribution in [0.15, 0.2) is 0 Å². The summed E-state index contributed by atoms with van der Waals surface area (Å²) < 4.78 is 0. The Hall–Kier alpha value is -0.760. The monoisotopic (exact) mass is 574 g/mol. The lowest BCUT2D eigenvalue weighted by molar-refractivity contribution is -0.424. The summed E-state index contributed by atoms with van der Waals surface area (Å²) in [7, 11) is 0. The lowest BCUT2D eigenvalue weighted by Gasteiger charge is -2.42. The highest BCUT2D eigenvalue weighted by Crippen LogP contribution is 2.39. The summed E-state index contributed by atoms with van der Waals surface area (Å²) in [6, 6.07) is 0. The van der Waals surface area contributed by atoms with Gasteiger partial charge in [-0.2, -0.15) is 0 Å². The van der Waals surface area contributed by atoms with Gasteiger partial charge in [0.2, 0.25) is 0 Å². The van der Waals surface area contributed by atoms with Gasteiger partial charge in [-0.3, -0.25) is 0 Å². The third kappa shape index (κ3) is 19.4. The minimum Gasteiger partial charge on any atom is -0.230 e. The van der Waals surface area contributed by atoms with Crippen molar-refractivity contribution in [1.29, 1.82) is 0 Å². The molecule has 8 nitrogen and oxygen atoms in total. The van der Waals surface area contributed by atoms with E-state index in [4.69, 9.17) is 39.1 Å². The molecule has 0 fully saturated rings. The van der Waals surface area contributed by atoms with E-state index in [0.29, 0.717) is 12.8 Å². The van der Waals surface area contributed by atoms with Crippen LogP contribution in [0.4, 0.5) is 0 Å². The highest BCUT2D eigenvalue weighted by Gasteiger charge is 2.44. The summed E-state index contributed by atoms with van der Waals surface area (Å²) in [4.78, 5) is 46.6. The summed E-state index contributed by atoms with van der Waals surface area (Å²) in [5.41, 5.74) is -5.36. The molecule has 0 N–H and O–H groups in total. The standard InChI is InChI=1S/C32H62O8/c1-25(2,3)33-37-29(13,14)20-21-32(19,40-36-28(10,11)12)23-24(31(17,18)39-35-27(7,8)9)22-30(15,16)38-34-26(4,5)6/h24H,22-23H2,1-19H3. The average molecular weight is 575 g/mol. The molecule has 0 aliphatic heterocycles. The van der Waals surface area contributed by atoms with Gasteiger partial charge >= 0.3 is 0 Å². The van der Waals surface area contributed by atoms with Crippen LogP contribution in [0.3, 0.4) is 0 Å². The maximum atomic E-state index is 6.10. The minimum absolute atomic E-state index is 0.175. The zero-order chi connectivity index (χ0) is 32.1. The molecular formula is C32H62O8. The van der Waals surface area contributed by atoms with Crippen LogP contribution in [0.25, 0.3) is 0 Å². The Kier molecular flexibility index (Phi) is 13.4. The van der Waals surface area contributed by atoms with E-state index >= 15 is 0 Å². The van der Waals surface area contributed by atoms with E-state index in [1.54, 1.807) is 0 Å². The Labute approximate surface area is 246 Å². The molecule has 0 amide bonds. The minimum atomic E-state index is -1.05. The van der Waals surface area contributed by atoms with Gasteiger partial charge in [0.05, 0.1) is 28.0 Å². The van der Waals surface area contributed by atoms with Crippen molar-refractivity contribution in [2.45, 2.75) is 189 Å². The Bertz CT molecular complexity index is 823. The molecule has 0 heterocycles. The third-order valence-electron chi connectivity index (χ3n) is 4.98. The summed E-state index contributed by atoms with van der Waals surface area (Å²) in [5, 5.41) is 0. The SMILES string of the molecule is CC(C)(C)OOC(C)(C)C#CC(C)(CC(CC(C)(C)OOC(C)(C)C)C(C)(C)OOC(C)(C)C)OOC(C)(C)C. The van der Waals surface area contributed by atoms with Gasteiger partial charge in [-0.15, -0.1) is 0 Å². The van der Waals surface area contributed by atoms with Gasteiger partial charge in [0, 0.05) is 0 Å². The molecule has 0 radical (unpaired) electrons. The van der Waals surface area contributed by atoms with E-state index in [1.807, 2.05) is 132 Å². The Morgan fingerprint density at radius 3 is 1.20 bits per heavy atom. The van der Waals surface area contributed by atoms with Gasteiger partial charge in [0.15, 0.2) is 11.2 Å². The van der Waals surface area contributed by atoms with Crippen molar-refractivity contribution >= 4 is 0 Å². The summed E-state index contributed by atoms with van der Waals surface area (Å²) in [5.74, 6) is 6.32. The first-order chi connectivity index (χ1) is 17.3. The molecule has 0 saturated carbocycles. The van der Waals surface area contributed by atoms with Crippen molar-refractivity contribution < 1.29 is 39.1 Å². The molecule has 0 bridgehead atoms. The quantitative estimate of drug-likeness (QED) is 0.123. The third-order valence-corrected chi connectivity index (χ3v) is 4.98. The van der Waals surface area contributed by atoms with E-state index < -0.39 is 44.8 Å². The van der Waals surface area contributed by atoms with Gasteiger partial charge < -0.3 is 0 Å². The number of hydrogen-bond donors (Lipinski definition) is 0. The zero-order valence-corrected chi connectivity index (χ0v) is 29.3. The molecule has 8 heteroatoms. The normalized spacial score (nSPS) is 16.8. The maximum Gasteiger partial charge on any atom is 0.161 e. The van der Waals surface area contributed by atoms with Crippen molar-refractivity contribution in [2.24, 2.45) is 5.92 Å². The second kappa shape index (κ2) is 13.7. The predicted octanol–water partition coefficient (Wildman–Crippen LogP) is 8.47. The Morgan fingerprint density at radius 1 is 0.400 bits per heavy atom. The molecule has 0 aliphatic rings. The highest BCUT2D eigenvalue weighted by atomic mass is 17.2. The molecule has 0 rings (SSSR count). The smallest absolute Gasteiger partial charge is 0.161 e. The van der Waals surface area contributed by atoms with Crippen LogP contribution in [0.1, 0.15) is 144 Å². The summed E-state index contributed by atoms with van der Waals surface area (Å²) in [6.45, 7) is 36.8. The first kappa shape index (κ1) is 39.2. The fourth-order valence-electron chi connectivity index (χ4n) is 3.06. The van der Waals surface area contributed by atoms with Gasteiger partial charge in [-0.25, -0.2) is 39.1 Å². The molecule has 0 aromatic rings. The number of hydrogen-bond acceptors (Lipinski definition) is 8. The lowest BCUT2D eigenvalue weighted by atomic mass is 9.76. The van der Waals surface area contributed by atoms with E-state index in [1.165, 1.54) is 0 Å². The highest BCUT2D eigenvalue weighted by molar-refractivity contribution is 5.20. The molecule has 238 valence electrons. The van der Waals surface area contributed by atoms with E-state index in [0.717, 1.165) is 0 Å². The van der Waals surface area contributed by atoms with Crippen LogP contribution in [-0.4, -0.2) is 44.8 Å². The summed E-state index contributed by atoms with van der Waals surface area (Å²) in [6.07, 6.45) is 0.974. The van der Waals surface area contributed by atoms with Crippen LogP contribution >= 0.6 is 0 Å². The molecular weight excluding hydrogens is 512 g/mol. The van der Waals surface area contributed by atoms with Crippen LogP contribution in [0.5, 0.6) is 0 Å². The van der Waals surface area contributed by atoms with Gasteiger partial charge in [-0.1, -0.05) is 11.8 Å². The van der Waals surface area contributed by atoms with Crippen LogP contribution < -0.4 is 0 Å². The molecule has 0 saturated heterocycles. The second-order valence-corrected chi connectivity index (χ2v) is 16.6. The van der Waals surface area contributed by atoms with E-state index in [-0.39, 0.29) is 5.92 Å². The van der Waals surface area contributed by atoms with Gasteiger partial charge in [0.1, 0.15) is 5.60 Å². The van der Waals surface area contributed by atoms with Crippen molar-refractivity contribution in [2.75, 3.05) is 0 Å². The van der Waals surface area contributed by atoms with Crippen molar-refractivity contribution in [1.82, 2.24) is 0 Å². The van der Waals surface area contributed by atoms with Crippen molar-refractivity contribution in [3.63, 3.8) is 0 Å². The zero-order valence-electron chi connectivity index (χ0n) is 29.3. The van der Waals surface area contributed by atoms with Crippen molar-refractivity contribution in [3.8, 4) is 11.8 Å². The van der Waals surface area contributed by atoms with Crippen LogP contribution in [0.2, 0.25) is 0 Å². The van der Waals surface area contributed by atoms with Crippen LogP contribution in [-0.2, 0) is 39.1 Å². The first-order valence-electron chi connectivity index (χ1n) is 14.4. The fraction of sp³-hybridized carbons (Fsp3) is 0.938. The van der Waals surface area contributed by atoms with Gasteiger partial charge in [0.25, 0.3) is 0 Å². The number of rotatable bonds is 13. The largest absolute Gasteiger partial charge is 0.230 e. The average Bonchev–Trinajstić information content (AvgIpc) is 2.70. The molecule has 0 aromatic carbocycles. The predicted molar refractivity (Wildman–Crippen MR) is 159 cm³/mol. The fourth-order valence-corrected chi connectivity index (χ4v) is 3.06. The van der Waals surface area contributed by atoms with Gasteiger partial charge in [-0.05, 0) is 150 Å². The molecule has 40 heavy (non-hydrogen) atoms. The summed E-state index contributed by atoms with van der Waals surface area (Å²) >= 11 is 0. The maximum absolute atomic E-state index is 6.10. The molecule has 0 aliphatic carbocycles. The molecule has 2 unspecified atom stereocenters. The first-order valence-corrected chi connectivity index (χ1v) is 14.4. The van der Waals surface area contributed by atoms with E-state index in [9.17, 15) is 0 Å². The Balaban J connectivity index is 6.45. The Morgan fingerprint density at radius 2 is 0.775 bits per heavy atom. The van der Waals surface area contributed by atoms with E-state index in [2.05, 4.69) is 11.8 Å². The second-order valence-electron chi connectivity index (χ2n) is 16.6. The van der Waals surface area contributed by atoms with Crippen LogP contribution in [0, 0.1) is 17.8 Å². The topological polar surface area (TPSA) is 73.8 Å².